The first-order chi connectivity index (χ1) is 5.13. The molecule has 4 nitrogen and oxygen atoms in total. The Balaban J connectivity index is 3.03. The van der Waals surface area contributed by atoms with E-state index in [0.717, 1.165) is 19.5 Å². The Labute approximate surface area is 76.7 Å². The summed E-state index contributed by atoms with van der Waals surface area (Å²) in [6, 6.07) is 0. The second-order valence-electron chi connectivity index (χ2n) is 1.99. The Morgan fingerprint density at radius 3 is 2.27 bits per heavy atom. The van der Waals surface area contributed by atoms with Gasteiger partial charge in [0.05, 0.1) is 0 Å². The molecule has 0 aliphatic carbocycles. The number of thiocarbonyl (C=S) groups is 2. The molecule has 64 valence electrons. The summed E-state index contributed by atoms with van der Waals surface area (Å²) in [5.41, 5.74) is 8.72. The Morgan fingerprint density at radius 2 is 1.82 bits per heavy atom. The zero-order valence-electron chi connectivity index (χ0n) is 6.22. The van der Waals surface area contributed by atoms with E-state index < -0.39 is 0 Å². The van der Waals surface area contributed by atoms with Gasteiger partial charge in [-0.1, -0.05) is 0 Å². The van der Waals surface area contributed by atoms with Gasteiger partial charge in [0.15, 0.2) is 5.11 Å². The monoisotopic (exact) mass is 193 g/mol. The van der Waals surface area contributed by atoms with Crippen molar-refractivity contribution in [3.63, 3.8) is 0 Å². The lowest BCUT2D eigenvalue weighted by Crippen LogP contribution is -2.62. The fourth-order valence-electron chi connectivity index (χ4n) is 0.528. The van der Waals surface area contributed by atoms with Gasteiger partial charge in [-0.25, -0.2) is 0 Å². The molecule has 0 aromatic heterocycles. The molecule has 0 atom stereocenters. The minimum atomic E-state index is 0.335. The van der Waals surface area contributed by atoms with E-state index in [4.69, 9.17) is 18.0 Å². The molecule has 0 saturated heterocycles. The van der Waals surface area contributed by atoms with Gasteiger partial charge in [-0.3, -0.25) is 0 Å². The Hall–Kier alpha value is -0.460. The minimum Gasteiger partial charge on any atom is -0.376 e. The molecule has 0 rings (SSSR count). The molecule has 0 bridgehead atoms. The van der Waals surface area contributed by atoms with E-state index in [2.05, 4.69) is 28.6 Å². The maximum atomic E-state index is 5.20. The molecule has 0 aliphatic heterocycles. The molecule has 0 aromatic rings. The fourth-order valence-corrected chi connectivity index (χ4v) is 0.732. The van der Waals surface area contributed by atoms with Crippen LogP contribution in [0.2, 0.25) is 0 Å². The molecule has 0 aliphatic rings. The highest BCUT2D eigenvalue weighted by atomic mass is 32.1. The van der Waals surface area contributed by atoms with E-state index in [1.807, 2.05) is 0 Å². The topological polar surface area (TPSA) is 77.7 Å². The van der Waals surface area contributed by atoms with Crippen molar-refractivity contribution in [2.45, 2.75) is 6.42 Å². The summed E-state index contributed by atoms with van der Waals surface area (Å²) in [4.78, 5) is 0. The summed E-state index contributed by atoms with van der Waals surface area (Å²) in [6.07, 6.45) is 0.924. The van der Waals surface area contributed by atoms with Gasteiger partial charge in [0.25, 0.3) is 5.11 Å². The number of hydrogen-bond donors (Lipinski definition) is 4. The average Bonchev–Trinajstić information content (AvgIpc) is 1.85. The van der Waals surface area contributed by atoms with Gasteiger partial charge in [0.1, 0.15) is 0 Å². The number of quaternary nitrogens is 1. The third-order valence-electron chi connectivity index (χ3n) is 0.975. The van der Waals surface area contributed by atoms with Gasteiger partial charge >= 0.3 is 0 Å². The summed E-state index contributed by atoms with van der Waals surface area (Å²) >= 11 is 9.31. The molecule has 0 fully saturated rings. The maximum absolute atomic E-state index is 5.20. The Kier molecular flexibility index (Phi) is 6.00. The van der Waals surface area contributed by atoms with Crippen molar-refractivity contribution in [2.24, 2.45) is 5.73 Å². The molecular weight excluding hydrogens is 180 g/mol. The second kappa shape index (κ2) is 6.26. The first-order valence-electron chi connectivity index (χ1n) is 3.26. The van der Waals surface area contributed by atoms with Gasteiger partial charge in [-0.05, 0) is 18.6 Å². The first kappa shape index (κ1) is 10.5. The fraction of sp³-hybridized carbons (Fsp3) is 0.600. The highest BCUT2D eigenvalue weighted by Crippen LogP contribution is 1.71. The van der Waals surface area contributed by atoms with Crippen LogP contribution in [0, 0.1) is 0 Å². The third-order valence-corrected chi connectivity index (χ3v) is 1.26. The standard InChI is InChI=1S/C5H12N4S2/c6-4(10)8-2-1-3-9-5(7)11/h1-3H2,(H3,6,8,10)(H3,7,9,11)/p+1. The average molecular weight is 193 g/mol. The van der Waals surface area contributed by atoms with Crippen molar-refractivity contribution in [1.82, 2.24) is 10.6 Å². The summed E-state index contributed by atoms with van der Waals surface area (Å²) in [5.74, 6) is 0. The number of nitrogens with one attached hydrogen (secondary N) is 2. The van der Waals surface area contributed by atoms with Gasteiger partial charge < -0.3 is 22.1 Å². The van der Waals surface area contributed by atoms with Gasteiger partial charge in [-0.2, -0.15) is 0 Å². The van der Waals surface area contributed by atoms with Crippen molar-refractivity contribution in [1.29, 1.82) is 0 Å². The Bertz CT molecular complexity index is 131. The summed E-state index contributed by atoms with van der Waals surface area (Å²) in [5, 5.41) is 6.65. The van der Waals surface area contributed by atoms with Gasteiger partial charge in [0, 0.05) is 25.3 Å². The SMILES string of the molecule is NC(=S)NCCCNC([NH3+])=S. The number of rotatable bonds is 4. The summed E-state index contributed by atoms with van der Waals surface area (Å²) in [6.45, 7) is 1.57. The van der Waals surface area contributed by atoms with Gasteiger partial charge in [-0.15, -0.1) is 0 Å². The first-order valence-corrected chi connectivity index (χ1v) is 4.07. The van der Waals surface area contributed by atoms with Crippen LogP contribution in [0.5, 0.6) is 0 Å². The van der Waals surface area contributed by atoms with Crippen LogP contribution in [0.3, 0.4) is 0 Å². The normalized spacial score (nSPS) is 8.82. The van der Waals surface area contributed by atoms with Crippen LogP contribution in [-0.2, 0) is 0 Å². The zero-order valence-corrected chi connectivity index (χ0v) is 7.86. The maximum Gasteiger partial charge on any atom is 0.264 e. The lowest BCUT2D eigenvalue weighted by molar-refractivity contribution is -0.215. The van der Waals surface area contributed by atoms with Crippen LogP contribution in [0.25, 0.3) is 0 Å². The predicted molar refractivity (Wildman–Crippen MR) is 52.9 cm³/mol. The van der Waals surface area contributed by atoms with E-state index in [1.165, 1.54) is 0 Å². The predicted octanol–water partition coefficient (Wildman–Crippen LogP) is -1.67. The molecule has 0 spiro atoms. The largest absolute Gasteiger partial charge is 0.376 e. The Morgan fingerprint density at radius 1 is 1.27 bits per heavy atom. The van der Waals surface area contributed by atoms with Crippen molar-refractivity contribution >= 4 is 34.7 Å². The van der Waals surface area contributed by atoms with E-state index in [1.54, 1.807) is 0 Å². The third kappa shape index (κ3) is 9.54. The molecule has 0 unspecified atom stereocenters. The van der Waals surface area contributed by atoms with E-state index in [9.17, 15) is 0 Å². The lowest BCUT2D eigenvalue weighted by atomic mass is 10.4. The van der Waals surface area contributed by atoms with E-state index in [-0.39, 0.29) is 0 Å². The smallest absolute Gasteiger partial charge is 0.264 e. The lowest BCUT2D eigenvalue weighted by Gasteiger charge is -2.02. The van der Waals surface area contributed by atoms with Crippen LogP contribution in [0.4, 0.5) is 0 Å². The van der Waals surface area contributed by atoms with Gasteiger partial charge in [0.2, 0.25) is 0 Å². The molecule has 6 heteroatoms. The minimum absolute atomic E-state index is 0.335. The van der Waals surface area contributed by atoms with E-state index >= 15 is 0 Å². The van der Waals surface area contributed by atoms with Crippen LogP contribution in [-0.4, -0.2) is 23.3 Å². The molecule has 0 amide bonds. The summed E-state index contributed by atoms with van der Waals surface area (Å²) in [7, 11) is 0. The molecule has 0 aromatic carbocycles. The summed E-state index contributed by atoms with van der Waals surface area (Å²) < 4.78 is 0. The number of hydrogen-bond acceptors (Lipinski definition) is 2. The molecule has 0 heterocycles. The zero-order chi connectivity index (χ0) is 8.69. The second-order valence-corrected chi connectivity index (χ2v) is 2.93. The van der Waals surface area contributed by atoms with Crippen molar-refractivity contribution in [3.05, 3.63) is 0 Å². The molecule has 0 radical (unpaired) electrons. The van der Waals surface area contributed by atoms with Crippen LogP contribution in [0.15, 0.2) is 0 Å². The van der Waals surface area contributed by atoms with Crippen LogP contribution < -0.4 is 22.1 Å². The molecule has 7 N–H and O–H groups in total. The quantitative estimate of drug-likeness (QED) is 0.317. The molecular formula is C5H13N4S2+. The van der Waals surface area contributed by atoms with E-state index in [0.29, 0.717) is 10.2 Å². The highest BCUT2D eigenvalue weighted by molar-refractivity contribution is 7.80. The number of nitrogens with two attached hydrogens (primary N) is 1. The van der Waals surface area contributed by atoms with Crippen molar-refractivity contribution < 1.29 is 5.73 Å². The van der Waals surface area contributed by atoms with Crippen molar-refractivity contribution in [3.8, 4) is 0 Å². The molecule has 0 saturated carbocycles. The molecule has 11 heavy (non-hydrogen) atoms. The van der Waals surface area contributed by atoms with Crippen LogP contribution in [0.1, 0.15) is 6.42 Å². The van der Waals surface area contributed by atoms with Crippen molar-refractivity contribution in [2.75, 3.05) is 13.1 Å². The highest BCUT2D eigenvalue weighted by Gasteiger charge is 1.90. The van der Waals surface area contributed by atoms with Crippen LogP contribution >= 0.6 is 24.4 Å².